The lowest BCUT2D eigenvalue weighted by Gasteiger charge is -2.21. The van der Waals surface area contributed by atoms with E-state index in [1.54, 1.807) is 12.1 Å². The van der Waals surface area contributed by atoms with Crippen molar-refractivity contribution in [1.82, 2.24) is 0 Å². The van der Waals surface area contributed by atoms with Crippen LogP contribution in [0.1, 0.15) is 31.9 Å². The molecule has 0 spiro atoms. The Morgan fingerprint density at radius 2 is 1.96 bits per heavy atom. The minimum Gasteiger partial charge on any atom is -0.505 e. The van der Waals surface area contributed by atoms with Crippen molar-refractivity contribution in [3.63, 3.8) is 0 Å². The number of aromatic hydroxyl groups is 1. The summed E-state index contributed by atoms with van der Waals surface area (Å²) in [5, 5.41) is 17.8. The second-order valence-corrected chi connectivity index (χ2v) is 6.79. The predicted octanol–water partition coefficient (Wildman–Crippen LogP) is 2.65. The Balaban J connectivity index is 2.46. The fraction of sp³-hybridized carbons (Fsp3) is 0.316. The highest BCUT2D eigenvalue weighted by Crippen LogP contribution is 2.38. The minimum atomic E-state index is -0.260. The zero-order chi connectivity index (χ0) is 18.4. The van der Waals surface area contributed by atoms with Crippen molar-refractivity contribution in [2.45, 2.75) is 32.6 Å². The van der Waals surface area contributed by atoms with Crippen LogP contribution in [0.5, 0.6) is 5.75 Å². The SMILES string of the molecule is CC(C)(C)c1cc(CCN=C=O)cc(N=[NH+]c2ccccc2N)c1O. The molecule has 2 rings (SSSR count). The molecule has 0 saturated heterocycles. The molecule has 2 aromatic rings. The van der Waals surface area contributed by atoms with Gasteiger partial charge in [0.05, 0.1) is 6.54 Å². The molecular weight excluding hydrogens is 316 g/mol. The first-order valence-electron chi connectivity index (χ1n) is 8.04. The monoisotopic (exact) mass is 339 g/mol. The average molecular weight is 339 g/mol. The van der Waals surface area contributed by atoms with Crippen molar-refractivity contribution in [3.8, 4) is 5.75 Å². The number of azo groups is 1. The number of hydrogen-bond donors (Lipinski definition) is 3. The van der Waals surface area contributed by atoms with E-state index in [0.29, 0.717) is 30.0 Å². The van der Waals surface area contributed by atoms with Crippen LogP contribution in [0.25, 0.3) is 0 Å². The summed E-state index contributed by atoms with van der Waals surface area (Å²) in [6, 6.07) is 11.0. The maximum atomic E-state index is 10.6. The van der Waals surface area contributed by atoms with Gasteiger partial charge in [0.15, 0.2) is 11.4 Å². The number of hydrogen-bond acceptors (Lipinski definition) is 5. The summed E-state index contributed by atoms with van der Waals surface area (Å²) in [5.41, 5.74) is 9.00. The minimum absolute atomic E-state index is 0.122. The summed E-state index contributed by atoms with van der Waals surface area (Å²) in [6.07, 6.45) is 2.10. The number of rotatable bonds is 5. The third kappa shape index (κ3) is 4.75. The normalized spacial score (nSPS) is 11.5. The molecular formula is C19H23N4O2+. The van der Waals surface area contributed by atoms with E-state index >= 15 is 0 Å². The Hall–Kier alpha value is -2.98. The van der Waals surface area contributed by atoms with E-state index in [9.17, 15) is 9.90 Å². The molecule has 0 aliphatic rings. The van der Waals surface area contributed by atoms with Crippen LogP contribution in [0.15, 0.2) is 46.5 Å². The number of phenolic OH excluding ortho intramolecular Hbond substituents is 1. The van der Waals surface area contributed by atoms with E-state index in [1.807, 2.05) is 45.0 Å². The van der Waals surface area contributed by atoms with Crippen molar-refractivity contribution in [1.29, 1.82) is 0 Å². The molecule has 130 valence electrons. The summed E-state index contributed by atoms with van der Waals surface area (Å²) < 4.78 is 0. The van der Waals surface area contributed by atoms with Crippen LogP contribution in [-0.4, -0.2) is 17.7 Å². The maximum absolute atomic E-state index is 10.6. The van der Waals surface area contributed by atoms with E-state index < -0.39 is 0 Å². The maximum Gasteiger partial charge on any atom is 0.252 e. The zero-order valence-corrected chi connectivity index (χ0v) is 14.7. The number of benzene rings is 2. The van der Waals surface area contributed by atoms with Gasteiger partial charge in [-0.15, -0.1) is 0 Å². The summed E-state index contributed by atoms with van der Waals surface area (Å²) in [6.45, 7) is 6.39. The molecule has 0 heterocycles. The first-order valence-corrected chi connectivity index (χ1v) is 8.04. The number of para-hydroxylation sites is 2. The highest BCUT2D eigenvalue weighted by molar-refractivity contribution is 5.59. The van der Waals surface area contributed by atoms with Gasteiger partial charge in [0.25, 0.3) is 5.69 Å². The number of nitrogen functional groups attached to an aromatic ring is 1. The lowest BCUT2D eigenvalue weighted by Crippen LogP contribution is -2.57. The van der Waals surface area contributed by atoms with Crippen molar-refractivity contribution < 1.29 is 15.0 Å². The van der Waals surface area contributed by atoms with Crippen LogP contribution in [0.4, 0.5) is 17.1 Å². The Morgan fingerprint density at radius 1 is 1.24 bits per heavy atom. The third-order valence-corrected chi connectivity index (χ3v) is 3.79. The molecule has 0 bridgehead atoms. The highest BCUT2D eigenvalue weighted by Gasteiger charge is 2.22. The number of nitrogens with one attached hydrogen (secondary N) is 1. The molecule has 6 nitrogen and oxygen atoms in total. The van der Waals surface area contributed by atoms with Gasteiger partial charge in [-0.1, -0.05) is 44.1 Å². The van der Waals surface area contributed by atoms with Gasteiger partial charge in [-0.05, 0) is 29.5 Å². The van der Waals surface area contributed by atoms with Crippen LogP contribution in [-0.2, 0) is 16.6 Å². The summed E-state index contributed by atoms with van der Waals surface area (Å²) in [5.74, 6) is 0.122. The third-order valence-electron chi connectivity index (χ3n) is 3.79. The Bertz CT molecular complexity index is 832. The summed E-state index contributed by atoms with van der Waals surface area (Å²) >= 11 is 0. The van der Waals surface area contributed by atoms with Crippen molar-refractivity contribution >= 4 is 23.1 Å². The topological polar surface area (TPSA) is 102 Å². The van der Waals surface area contributed by atoms with Gasteiger partial charge in [-0.25, -0.2) is 9.79 Å². The average Bonchev–Trinajstić information content (AvgIpc) is 2.55. The molecule has 25 heavy (non-hydrogen) atoms. The van der Waals surface area contributed by atoms with Crippen LogP contribution < -0.4 is 10.8 Å². The van der Waals surface area contributed by atoms with Crippen LogP contribution in [0, 0.1) is 0 Å². The number of phenols is 1. The molecule has 0 atom stereocenters. The molecule has 0 radical (unpaired) electrons. The van der Waals surface area contributed by atoms with Crippen LogP contribution >= 0.6 is 0 Å². The van der Waals surface area contributed by atoms with Gasteiger partial charge in [0, 0.05) is 16.7 Å². The predicted molar refractivity (Wildman–Crippen MR) is 97.1 cm³/mol. The van der Waals surface area contributed by atoms with E-state index in [1.165, 1.54) is 6.08 Å². The Kier molecular flexibility index (Phi) is 5.67. The number of anilines is 1. The molecule has 2 aromatic carbocycles. The number of nitrogens with two attached hydrogens (primary N) is 1. The van der Waals surface area contributed by atoms with Gasteiger partial charge in [0.2, 0.25) is 6.08 Å². The van der Waals surface area contributed by atoms with Crippen molar-refractivity contribution in [2.75, 3.05) is 12.3 Å². The second kappa shape index (κ2) is 7.73. The number of carbonyl (C=O) groups excluding carboxylic acids is 1. The van der Waals surface area contributed by atoms with Gasteiger partial charge in [0.1, 0.15) is 5.69 Å². The quantitative estimate of drug-likeness (QED) is 0.338. The van der Waals surface area contributed by atoms with Gasteiger partial charge < -0.3 is 10.8 Å². The first kappa shape index (κ1) is 18.4. The first-order chi connectivity index (χ1) is 11.8. The fourth-order valence-electron chi connectivity index (χ4n) is 2.43. The molecule has 6 heteroatoms. The number of aliphatic imine (C=N–C) groups is 1. The van der Waals surface area contributed by atoms with Crippen molar-refractivity contribution in [2.24, 2.45) is 10.1 Å². The standard InChI is InChI=1S/C19H22N4O2/c1-19(2,3)14-10-13(8-9-21-12-24)11-17(18(14)25)23-22-16-7-5-4-6-15(16)20/h4-7,10-11,25H,8-9,20H2,1-3H3/p+1. The molecule has 0 amide bonds. The molecule has 0 aliphatic carbocycles. The molecule has 0 aliphatic heterocycles. The molecule has 4 N–H and O–H groups in total. The number of nitrogens with zero attached hydrogens (tertiary/aromatic N) is 2. The Labute approximate surface area is 147 Å². The molecule has 0 fully saturated rings. The van der Waals surface area contributed by atoms with E-state index in [0.717, 1.165) is 11.1 Å². The largest absolute Gasteiger partial charge is 0.505 e. The smallest absolute Gasteiger partial charge is 0.252 e. The zero-order valence-electron chi connectivity index (χ0n) is 14.7. The fourth-order valence-corrected chi connectivity index (χ4v) is 2.43. The van der Waals surface area contributed by atoms with Gasteiger partial charge in [-0.2, -0.15) is 0 Å². The van der Waals surface area contributed by atoms with Gasteiger partial charge >= 0.3 is 0 Å². The lowest BCUT2D eigenvalue weighted by atomic mass is 9.84. The molecule has 0 aromatic heterocycles. The molecule has 0 unspecified atom stereocenters. The van der Waals surface area contributed by atoms with E-state index in [2.05, 4.69) is 15.2 Å². The lowest BCUT2D eigenvalue weighted by molar-refractivity contribution is -0.432. The van der Waals surface area contributed by atoms with Crippen molar-refractivity contribution in [3.05, 3.63) is 47.5 Å². The Morgan fingerprint density at radius 3 is 2.60 bits per heavy atom. The van der Waals surface area contributed by atoms with E-state index in [-0.39, 0.29) is 11.2 Å². The number of isocyanates is 1. The van der Waals surface area contributed by atoms with Crippen LogP contribution in [0.2, 0.25) is 0 Å². The summed E-state index contributed by atoms with van der Waals surface area (Å²) in [7, 11) is 0. The molecule has 0 saturated carbocycles. The van der Waals surface area contributed by atoms with Crippen LogP contribution in [0.3, 0.4) is 0 Å². The summed E-state index contributed by atoms with van der Waals surface area (Å²) in [4.78, 5) is 13.8. The van der Waals surface area contributed by atoms with E-state index in [4.69, 9.17) is 5.73 Å². The van der Waals surface area contributed by atoms with Gasteiger partial charge in [-0.3, -0.25) is 0 Å². The second-order valence-electron chi connectivity index (χ2n) is 6.79. The highest BCUT2D eigenvalue weighted by atomic mass is 16.3.